The molecule has 1 aromatic carbocycles. The van der Waals surface area contributed by atoms with Gasteiger partial charge in [-0.2, -0.15) is 5.10 Å². The van der Waals surface area contributed by atoms with Crippen LogP contribution >= 0.6 is 11.6 Å². The molecule has 4 aromatic rings. The summed E-state index contributed by atoms with van der Waals surface area (Å²) < 4.78 is 22.7. The number of ether oxygens (including phenoxy) is 1. The lowest BCUT2D eigenvalue weighted by Crippen LogP contribution is -2.33. The maximum atomic E-state index is 15.0. The lowest BCUT2D eigenvalue weighted by Gasteiger charge is -2.30. The van der Waals surface area contributed by atoms with E-state index in [0.717, 1.165) is 31.6 Å². The Balaban J connectivity index is 1.31. The third-order valence-corrected chi connectivity index (χ3v) is 6.98. The number of halogens is 2. The number of carbonyl (C=O) groups excluding carboxylic acids is 1. The van der Waals surface area contributed by atoms with Crippen molar-refractivity contribution in [2.45, 2.75) is 45.1 Å². The number of anilines is 2. The number of pyridine rings is 1. The molecular formula is C27H31ClFN7O2. The fourth-order valence-electron chi connectivity index (χ4n) is 4.50. The number of H-pyrrole nitrogens is 1. The first-order valence-corrected chi connectivity index (χ1v) is 12.9. The lowest BCUT2D eigenvalue weighted by molar-refractivity contribution is 0.212. The highest BCUT2D eigenvalue weighted by Gasteiger charge is 2.26. The molecule has 0 bridgehead atoms. The Kier molecular flexibility index (Phi) is 7.02. The maximum Gasteiger partial charge on any atom is 0.324 e. The number of fused-ring (bicyclic) bond motifs is 1. The largest absolute Gasteiger partial charge is 0.456 e. The minimum absolute atomic E-state index is 0.0239. The molecule has 11 heteroatoms. The van der Waals surface area contributed by atoms with E-state index in [0.29, 0.717) is 27.6 Å². The molecule has 5 rings (SSSR count). The van der Waals surface area contributed by atoms with E-state index in [1.165, 1.54) is 12.1 Å². The monoisotopic (exact) mass is 539 g/mol. The Morgan fingerprint density at radius 1 is 1.18 bits per heavy atom. The molecule has 4 heterocycles. The molecule has 1 aliphatic rings. The molecule has 0 aliphatic carbocycles. The maximum absolute atomic E-state index is 15.0. The number of benzene rings is 1. The predicted octanol–water partition coefficient (Wildman–Crippen LogP) is 6.55. The predicted molar refractivity (Wildman–Crippen MR) is 147 cm³/mol. The van der Waals surface area contributed by atoms with Crippen molar-refractivity contribution in [3.63, 3.8) is 0 Å². The molecule has 0 atom stereocenters. The zero-order valence-corrected chi connectivity index (χ0v) is 22.6. The minimum atomic E-state index is -0.637. The SMILES string of the molecule is CN1CCC(n2nc(C(C)(C)C)cc2NC(=O)Nc2ccc(Oc3ccnc4[nH]cc(Cl)c34)cc2F)CC1. The number of rotatable bonds is 5. The standard InChI is InChI=1S/C27H31ClFN7O2/c1-27(2,3)22-14-23(36(34-22)16-8-11-35(4)12-9-16)33-26(37)32-20-6-5-17(13-19(20)29)38-21-7-10-30-25-24(21)18(28)15-31-25/h5-7,10,13-16H,8-9,11-12H2,1-4H3,(H,30,31)(H2,32,33,37). The van der Waals surface area contributed by atoms with Crippen LogP contribution in [-0.2, 0) is 5.41 Å². The molecular weight excluding hydrogens is 509 g/mol. The van der Waals surface area contributed by atoms with Gasteiger partial charge in [0.15, 0.2) is 0 Å². The first-order chi connectivity index (χ1) is 18.1. The number of likely N-dealkylation sites (tertiary alicyclic amines) is 1. The third kappa shape index (κ3) is 5.46. The molecule has 3 aromatic heterocycles. The molecule has 0 spiro atoms. The Morgan fingerprint density at radius 2 is 1.95 bits per heavy atom. The summed E-state index contributed by atoms with van der Waals surface area (Å²) in [6.07, 6.45) is 5.06. The van der Waals surface area contributed by atoms with Crippen LogP contribution in [-0.4, -0.2) is 50.8 Å². The number of urea groups is 1. The molecule has 200 valence electrons. The first kappa shape index (κ1) is 26.0. The van der Waals surface area contributed by atoms with Crippen molar-refractivity contribution < 1.29 is 13.9 Å². The van der Waals surface area contributed by atoms with Crippen LogP contribution in [0.3, 0.4) is 0 Å². The molecule has 0 radical (unpaired) electrons. The van der Waals surface area contributed by atoms with Crippen molar-refractivity contribution in [3.8, 4) is 11.5 Å². The number of aromatic amines is 1. The Hall–Kier alpha value is -3.63. The molecule has 0 saturated carbocycles. The van der Waals surface area contributed by atoms with Crippen LogP contribution in [0.5, 0.6) is 11.5 Å². The summed E-state index contributed by atoms with van der Waals surface area (Å²) >= 11 is 6.23. The van der Waals surface area contributed by atoms with Gasteiger partial charge in [-0.25, -0.2) is 18.9 Å². The van der Waals surface area contributed by atoms with Gasteiger partial charge in [-0.05, 0) is 51.2 Å². The number of nitrogens with zero attached hydrogens (tertiary/aromatic N) is 4. The Morgan fingerprint density at radius 3 is 2.66 bits per heavy atom. The number of hydrogen-bond donors (Lipinski definition) is 3. The van der Waals surface area contributed by atoms with Crippen LogP contribution < -0.4 is 15.4 Å². The van der Waals surface area contributed by atoms with Crippen LogP contribution in [0, 0.1) is 5.82 Å². The van der Waals surface area contributed by atoms with Crippen molar-refractivity contribution >= 4 is 40.2 Å². The van der Waals surface area contributed by atoms with Crippen molar-refractivity contribution in [2.75, 3.05) is 30.8 Å². The van der Waals surface area contributed by atoms with Gasteiger partial charge in [-0.1, -0.05) is 32.4 Å². The van der Waals surface area contributed by atoms with Crippen molar-refractivity contribution in [1.29, 1.82) is 0 Å². The van der Waals surface area contributed by atoms with E-state index in [-0.39, 0.29) is 22.9 Å². The molecule has 38 heavy (non-hydrogen) atoms. The number of carbonyl (C=O) groups is 1. The van der Waals surface area contributed by atoms with Gasteiger partial charge in [0, 0.05) is 29.9 Å². The third-order valence-electron chi connectivity index (χ3n) is 6.68. The molecule has 3 N–H and O–H groups in total. The van der Waals surface area contributed by atoms with Crippen LogP contribution in [0.2, 0.25) is 5.02 Å². The number of hydrogen-bond acceptors (Lipinski definition) is 5. The summed E-state index contributed by atoms with van der Waals surface area (Å²) in [6, 6.07) is 7.41. The van der Waals surface area contributed by atoms with Crippen molar-refractivity contribution in [1.82, 2.24) is 24.6 Å². The average molecular weight is 540 g/mol. The van der Waals surface area contributed by atoms with Crippen LogP contribution in [0.15, 0.2) is 42.7 Å². The molecule has 1 fully saturated rings. The smallest absolute Gasteiger partial charge is 0.324 e. The molecule has 0 unspecified atom stereocenters. The number of nitrogens with one attached hydrogen (secondary N) is 3. The van der Waals surface area contributed by atoms with E-state index in [1.807, 2.05) is 10.7 Å². The van der Waals surface area contributed by atoms with Gasteiger partial charge in [0.05, 0.1) is 27.8 Å². The molecule has 2 amide bonds. The summed E-state index contributed by atoms with van der Waals surface area (Å²) in [6.45, 7) is 8.17. The Bertz CT molecular complexity index is 1470. The highest BCUT2D eigenvalue weighted by molar-refractivity contribution is 6.36. The van der Waals surface area contributed by atoms with Gasteiger partial charge in [0.25, 0.3) is 0 Å². The number of aromatic nitrogens is 4. The Labute approximate surface area is 225 Å². The fourth-order valence-corrected chi connectivity index (χ4v) is 4.74. The van der Waals surface area contributed by atoms with E-state index < -0.39 is 11.8 Å². The number of piperidine rings is 1. The fraction of sp³-hybridized carbons (Fsp3) is 0.370. The van der Waals surface area contributed by atoms with Gasteiger partial charge < -0.3 is 19.9 Å². The van der Waals surface area contributed by atoms with Crippen LogP contribution in [0.1, 0.15) is 45.3 Å². The number of amides is 2. The van der Waals surface area contributed by atoms with Gasteiger partial charge in [-0.15, -0.1) is 0 Å². The van der Waals surface area contributed by atoms with E-state index in [2.05, 4.69) is 53.3 Å². The highest BCUT2D eigenvalue weighted by Crippen LogP contribution is 2.35. The van der Waals surface area contributed by atoms with E-state index in [1.54, 1.807) is 24.5 Å². The lowest BCUT2D eigenvalue weighted by atomic mass is 9.92. The second-order valence-corrected chi connectivity index (χ2v) is 11.0. The van der Waals surface area contributed by atoms with E-state index >= 15 is 0 Å². The summed E-state index contributed by atoms with van der Waals surface area (Å²) in [4.78, 5) is 22.4. The van der Waals surface area contributed by atoms with Gasteiger partial charge in [-0.3, -0.25) is 5.32 Å². The van der Waals surface area contributed by atoms with Gasteiger partial charge in [0.1, 0.15) is 28.8 Å². The van der Waals surface area contributed by atoms with Gasteiger partial charge in [0.2, 0.25) is 0 Å². The summed E-state index contributed by atoms with van der Waals surface area (Å²) in [5.74, 6) is 0.652. The summed E-state index contributed by atoms with van der Waals surface area (Å²) in [5.41, 5.74) is 1.29. The second-order valence-electron chi connectivity index (χ2n) is 10.6. The van der Waals surface area contributed by atoms with Gasteiger partial charge >= 0.3 is 6.03 Å². The van der Waals surface area contributed by atoms with E-state index in [4.69, 9.17) is 21.4 Å². The van der Waals surface area contributed by atoms with Crippen LogP contribution in [0.25, 0.3) is 11.0 Å². The topological polar surface area (TPSA) is 100 Å². The van der Waals surface area contributed by atoms with Crippen LogP contribution in [0.4, 0.5) is 20.7 Å². The highest BCUT2D eigenvalue weighted by atomic mass is 35.5. The minimum Gasteiger partial charge on any atom is -0.456 e. The summed E-state index contributed by atoms with van der Waals surface area (Å²) in [5, 5.41) is 11.4. The molecule has 1 aliphatic heterocycles. The average Bonchev–Trinajstić information content (AvgIpc) is 3.46. The first-order valence-electron chi connectivity index (χ1n) is 12.5. The van der Waals surface area contributed by atoms with E-state index in [9.17, 15) is 9.18 Å². The quantitative estimate of drug-likeness (QED) is 0.267. The van der Waals surface area contributed by atoms with Crippen molar-refractivity contribution in [2.24, 2.45) is 0 Å². The zero-order chi connectivity index (χ0) is 27.0. The zero-order valence-electron chi connectivity index (χ0n) is 21.8. The second kappa shape index (κ2) is 10.3. The normalized spacial score (nSPS) is 15.1. The summed E-state index contributed by atoms with van der Waals surface area (Å²) in [7, 11) is 2.10. The van der Waals surface area contributed by atoms with Crippen molar-refractivity contribution in [3.05, 3.63) is 59.3 Å². The molecule has 1 saturated heterocycles. The molecule has 9 nitrogen and oxygen atoms in total.